The minimum Gasteiger partial charge on any atom is -0.280 e. The van der Waals surface area contributed by atoms with Crippen LogP contribution in [0.15, 0.2) is 35.6 Å². The Morgan fingerprint density at radius 1 is 1.38 bits per heavy atom. The van der Waals surface area contributed by atoms with Gasteiger partial charge in [0.15, 0.2) is 0 Å². The van der Waals surface area contributed by atoms with E-state index in [0.717, 1.165) is 21.8 Å². The van der Waals surface area contributed by atoms with Gasteiger partial charge < -0.3 is 0 Å². The van der Waals surface area contributed by atoms with Gasteiger partial charge in [-0.05, 0) is 23.9 Å². The second-order valence-electron chi connectivity index (χ2n) is 5.05. The van der Waals surface area contributed by atoms with Crippen LogP contribution in [-0.2, 0) is 11.5 Å². The maximum atomic E-state index is 12.4. The molecule has 0 aliphatic carbocycles. The Morgan fingerprint density at radius 2 is 2.25 bits per heavy atom. The van der Waals surface area contributed by atoms with E-state index in [0.29, 0.717) is 17.1 Å². The highest BCUT2D eigenvalue weighted by molar-refractivity contribution is 8.00. The van der Waals surface area contributed by atoms with Crippen LogP contribution in [0.2, 0.25) is 0 Å². The molecule has 0 radical (unpaired) electrons. The van der Waals surface area contributed by atoms with Crippen molar-refractivity contribution in [2.24, 2.45) is 0 Å². The summed E-state index contributed by atoms with van der Waals surface area (Å²) in [7, 11) is 0. The lowest BCUT2D eigenvalue weighted by Gasteiger charge is -2.10. The number of thioether (sulfide) groups is 2. The molecule has 0 atom stereocenters. The molecule has 0 saturated heterocycles. The van der Waals surface area contributed by atoms with Crippen LogP contribution in [0.4, 0.5) is 13.2 Å². The van der Waals surface area contributed by atoms with Crippen LogP contribution >= 0.6 is 23.5 Å². The van der Waals surface area contributed by atoms with E-state index in [1.54, 1.807) is 17.1 Å². The normalized spacial score (nSPS) is 13.6. The third-order valence-electron chi connectivity index (χ3n) is 3.48. The molecule has 4 heterocycles. The van der Waals surface area contributed by atoms with E-state index in [4.69, 9.17) is 0 Å². The van der Waals surface area contributed by atoms with Gasteiger partial charge in [0.2, 0.25) is 0 Å². The summed E-state index contributed by atoms with van der Waals surface area (Å²) in [4.78, 5) is 4.83. The summed E-state index contributed by atoms with van der Waals surface area (Å²) in [6, 6.07) is 3.70. The van der Waals surface area contributed by atoms with Crippen molar-refractivity contribution in [1.82, 2.24) is 25.0 Å². The Hall–Kier alpha value is -1.94. The number of hydrogen-bond donors (Lipinski definition) is 1. The van der Waals surface area contributed by atoms with Crippen LogP contribution < -0.4 is 0 Å². The molecule has 124 valence electrons. The summed E-state index contributed by atoms with van der Waals surface area (Å²) in [5.74, 6) is 0.420. The molecule has 0 unspecified atom stereocenters. The van der Waals surface area contributed by atoms with E-state index in [9.17, 15) is 13.2 Å². The van der Waals surface area contributed by atoms with Crippen molar-refractivity contribution < 1.29 is 13.2 Å². The van der Waals surface area contributed by atoms with E-state index >= 15 is 0 Å². The first-order valence-corrected chi connectivity index (χ1v) is 8.88. The SMILES string of the molecule is FC(F)(F)SCc1[nH]nc2c1SCc1nn(-c3cccnc3)cc1-2. The second-order valence-corrected chi connectivity index (χ2v) is 7.07. The standard InChI is InChI=1S/C14H10F3N5S2/c15-14(16,17)24-7-11-13-12(20-19-11)9-5-22(21-10(9)6-23-13)8-2-1-3-18-4-8/h1-5H,6-7H2,(H,19,20). The predicted molar refractivity (Wildman–Crippen MR) is 85.9 cm³/mol. The number of alkyl halides is 3. The molecule has 10 heteroatoms. The van der Waals surface area contributed by atoms with Crippen LogP contribution in [0, 0.1) is 0 Å². The van der Waals surface area contributed by atoms with Crippen molar-refractivity contribution in [1.29, 1.82) is 0 Å². The van der Waals surface area contributed by atoms with Crippen LogP contribution in [-0.4, -0.2) is 30.5 Å². The van der Waals surface area contributed by atoms with Crippen molar-refractivity contribution in [2.75, 3.05) is 0 Å². The lowest BCUT2D eigenvalue weighted by Crippen LogP contribution is -2.01. The molecule has 1 N–H and O–H groups in total. The Morgan fingerprint density at radius 3 is 3.00 bits per heavy atom. The molecular weight excluding hydrogens is 359 g/mol. The van der Waals surface area contributed by atoms with Crippen molar-refractivity contribution in [3.05, 3.63) is 42.1 Å². The van der Waals surface area contributed by atoms with Crippen molar-refractivity contribution >= 4 is 23.5 Å². The second kappa shape index (κ2) is 5.85. The Balaban J connectivity index is 1.67. The van der Waals surface area contributed by atoms with E-state index in [1.165, 1.54) is 11.8 Å². The summed E-state index contributed by atoms with van der Waals surface area (Å²) in [5.41, 5.74) is -0.577. The molecule has 24 heavy (non-hydrogen) atoms. The van der Waals surface area contributed by atoms with Gasteiger partial charge in [-0.1, -0.05) is 0 Å². The molecule has 1 aliphatic heterocycles. The minimum atomic E-state index is -4.26. The third-order valence-corrected chi connectivity index (χ3v) is 5.39. The number of aromatic nitrogens is 5. The lowest BCUT2D eigenvalue weighted by molar-refractivity contribution is -0.0329. The van der Waals surface area contributed by atoms with Crippen molar-refractivity contribution in [3.63, 3.8) is 0 Å². The van der Waals surface area contributed by atoms with Gasteiger partial charge in [0.1, 0.15) is 5.69 Å². The highest BCUT2D eigenvalue weighted by Gasteiger charge is 2.31. The average Bonchev–Trinajstić information content (AvgIpc) is 3.16. The predicted octanol–water partition coefficient (Wildman–Crippen LogP) is 4.02. The number of nitrogens with one attached hydrogen (secondary N) is 1. The Bertz CT molecular complexity index is 872. The largest absolute Gasteiger partial charge is 0.442 e. The fourth-order valence-corrected chi connectivity index (χ4v) is 4.12. The van der Waals surface area contributed by atoms with Crippen LogP contribution in [0.3, 0.4) is 0 Å². The van der Waals surface area contributed by atoms with Gasteiger partial charge in [-0.3, -0.25) is 10.1 Å². The minimum absolute atomic E-state index is 0.0662. The topological polar surface area (TPSA) is 59.4 Å². The summed E-state index contributed by atoms with van der Waals surface area (Å²) in [5, 5.41) is 11.5. The molecule has 0 amide bonds. The van der Waals surface area contributed by atoms with Gasteiger partial charge in [-0.15, -0.1) is 11.8 Å². The summed E-state index contributed by atoms with van der Waals surface area (Å²) < 4.78 is 39.0. The molecule has 0 saturated carbocycles. The number of pyridine rings is 1. The zero-order chi connectivity index (χ0) is 16.7. The van der Waals surface area contributed by atoms with Gasteiger partial charge in [0.25, 0.3) is 0 Å². The zero-order valence-electron chi connectivity index (χ0n) is 12.0. The van der Waals surface area contributed by atoms with Gasteiger partial charge in [0.05, 0.1) is 28.2 Å². The maximum Gasteiger partial charge on any atom is 0.442 e. The maximum absolute atomic E-state index is 12.4. The van der Waals surface area contributed by atoms with E-state index in [2.05, 4.69) is 20.3 Å². The average molecular weight is 369 g/mol. The third kappa shape index (κ3) is 2.91. The number of nitrogens with zero attached hydrogens (tertiary/aromatic N) is 4. The van der Waals surface area contributed by atoms with Gasteiger partial charge in [-0.25, -0.2) is 4.68 Å². The van der Waals surface area contributed by atoms with Crippen LogP contribution in [0.1, 0.15) is 11.4 Å². The number of rotatable bonds is 3. The highest BCUT2D eigenvalue weighted by atomic mass is 32.2. The zero-order valence-corrected chi connectivity index (χ0v) is 13.7. The molecule has 0 bridgehead atoms. The summed E-state index contributed by atoms with van der Waals surface area (Å²) >= 11 is 1.39. The van der Waals surface area contributed by atoms with E-state index in [1.807, 2.05) is 18.3 Å². The molecule has 0 aromatic carbocycles. The molecule has 3 aromatic rings. The number of halogens is 3. The van der Waals surface area contributed by atoms with Crippen LogP contribution in [0.5, 0.6) is 0 Å². The van der Waals surface area contributed by atoms with Gasteiger partial charge in [-0.2, -0.15) is 23.4 Å². The first kappa shape index (κ1) is 15.6. The Kier molecular flexibility index (Phi) is 3.80. The number of H-pyrrole nitrogens is 1. The van der Waals surface area contributed by atoms with Crippen molar-refractivity contribution in [2.45, 2.75) is 21.9 Å². The van der Waals surface area contributed by atoms with E-state index in [-0.39, 0.29) is 17.5 Å². The molecule has 0 fully saturated rings. The quantitative estimate of drug-likeness (QED) is 0.756. The monoisotopic (exact) mass is 369 g/mol. The van der Waals surface area contributed by atoms with Gasteiger partial charge in [0, 0.05) is 29.5 Å². The van der Waals surface area contributed by atoms with Crippen molar-refractivity contribution in [3.8, 4) is 16.9 Å². The number of hydrogen-bond acceptors (Lipinski definition) is 5. The smallest absolute Gasteiger partial charge is 0.280 e. The van der Waals surface area contributed by atoms with Crippen LogP contribution in [0.25, 0.3) is 16.9 Å². The van der Waals surface area contributed by atoms with Gasteiger partial charge >= 0.3 is 5.51 Å². The highest BCUT2D eigenvalue weighted by Crippen LogP contribution is 2.44. The molecule has 1 aliphatic rings. The molecule has 0 spiro atoms. The Labute approximate surface area is 143 Å². The number of fused-ring (bicyclic) bond motifs is 3. The summed E-state index contributed by atoms with van der Waals surface area (Å²) in [6.07, 6.45) is 5.22. The fourth-order valence-electron chi connectivity index (χ4n) is 2.43. The molecule has 3 aromatic heterocycles. The van der Waals surface area contributed by atoms with E-state index < -0.39 is 5.51 Å². The lowest BCUT2D eigenvalue weighted by atomic mass is 10.2. The summed E-state index contributed by atoms with van der Waals surface area (Å²) in [6.45, 7) is 0. The number of aromatic amines is 1. The first-order chi connectivity index (χ1) is 11.5. The molecule has 5 nitrogen and oxygen atoms in total. The molecule has 4 rings (SSSR count). The molecular formula is C14H10F3N5S2. The fraction of sp³-hybridized carbons (Fsp3) is 0.214. The first-order valence-electron chi connectivity index (χ1n) is 6.91.